The lowest BCUT2D eigenvalue weighted by molar-refractivity contribution is -0.159. The summed E-state index contributed by atoms with van der Waals surface area (Å²) in [6.07, 6.45) is 1.05. The Hall–Kier alpha value is -0.700. The molecule has 0 bridgehead atoms. The van der Waals surface area contributed by atoms with E-state index in [4.69, 9.17) is 4.74 Å². The number of piperidine rings is 1. The quantitative estimate of drug-likeness (QED) is 0.641. The van der Waals surface area contributed by atoms with E-state index in [0.717, 1.165) is 6.42 Å². The van der Waals surface area contributed by atoms with Crippen molar-refractivity contribution in [3.05, 3.63) is 0 Å². The second kappa shape index (κ2) is 5.97. The molecule has 1 heterocycles. The van der Waals surface area contributed by atoms with E-state index in [1.165, 1.54) is 0 Å². The van der Waals surface area contributed by atoms with Crippen molar-refractivity contribution in [3.8, 4) is 0 Å². The molecule has 0 radical (unpaired) electrons. The van der Waals surface area contributed by atoms with Crippen molar-refractivity contribution < 1.29 is 27.6 Å². The Bertz CT molecular complexity index is 465. The zero-order valence-corrected chi connectivity index (χ0v) is 12.2. The highest BCUT2D eigenvalue weighted by molar-refractivity contribution is 7.86. The molecule has 1 saturated heterocycles. The van der Waals surface area contributed by atoms with Crippen LogP contribution < -0.4 is 5.32 Å². The number of fused-ring (bicyclic) bond motifs is 1. The molecule has 1 aliphatic carbocycles. The monoisotopic (exact) mass is 307 g/mol. The van der Waals surface area contributed by atoms with Crippen molar-refractivity contribution in [3.63, 3.8) is 0 Å². The van der Waals surface area contributed by atoms with Gasteiger partial charge in [-0.15, -0.1) is 0 Å². The Morgan fingerprint density at radius 3 is 2.65 bits per heavy atom. The van der Waals surface area contributed by atoms with Crippen LogP contribution in [-0.4, -0.2) is 48.7 Å². The Balaban J connectivity index is 2.34. The smallest absolute Gasteiger partial charge is 0.310 e. The van der Waals surface area contributed by atoms with Gasteiger partial charge in [0.1, 0.15) is 12.1 Å². The summed E-state index contributed by atoms with van der Waals surface area (Å²) in [5, 5.41) is 11.5. The zero-order chi connectivity index (χ0) is 14.9. The van der Waals surface area contributed by atoms with E-state index in [1.807, 2.05) is 0 Å². The third-order valence-electron chi connectivity index (χ3n) is 4.37. The van der Waals surface area contributed by atoms with Gasteiger partial charge in [-0.05, 0) is 31.6 Å². The van der Waals surface area contributed by atoms with Gasteiger partial charge >= 0.3 is 5.97 Å². The lowest BCUT2D eigenvalue weighted by Gasteiger charge is -2.46. The average Bonchev–Trinajstić information content (AvgIpc) is 2.36. The van der Waals surface area contributed by atoms with Crippen LogP contribution in [0.1, 0.15) is 26.2 Å². The SMILES string of the molecule is CCOC1NCC2CCCC(S(=O)(=O)O)C2C1C(=O)O. The number of hydrogen-bond donors (Lipinski definition) is 3. The molecule has 2 fully saturated rings. The minimum absolute atomic E-state index is 0.0616. The van der Waals surface area contributed by atoms with Crippen molar-refractivity contribution in [1.29, 1.82) is 0 Å². The van der Waals surface area contributed by atoms with Crippen molar-refractivity contribution in [1.82, 2.24) is 5.32 Å². The van der Waals surface area contributed by atoms with E-state index < -0.39 is 39.4 Å². The predicted octanol–water partition coefficient (Wildman–Crippen LogP) is 0.326. The van der Waals surface area contributed by atoms with Crippen molar-refractivity contribution >= 4 is 16.1 Å². The Morgan fingerprint density at radius 1 is 1.40 bits per heavy atom. The first kappa shape index (κ1) is 15.7. The zero-order valence-electron chi connectivity index (χ0n) is 11.4. The van der Waals surface area contributed by atoms with Crippen LogP contribution in [0.5, 0.6) is 0 Å². The van der Waals surface area contributed by atoms with Gasteiger partial charge in [-0.3, -0.25) is 14.7 Å². The Morgan fingerprint density at radius 2 is 2.10 bits per heavy atom. The maximum absolute atomic E-state index is 11.6. The molecule has 8 heteroatoms. The van der Waals surface area contributed by atoms with E-state index in [1.54, 1.807) is 6.92 Å². The standard InChI is InChI=1S/C12H21NO6S/c1-2-19-11-10(12(14)15)9-7(6-13-11)4-3-5-8(9)20(16,17)18/h7-11,13H,2-6H2,1H3,(H,14,15)(H,16,17,18). The summed E-state index contributed by atoms with van der Waals surface area (Å²) in [6.45, 7) is 2.62. The molecule has 0 aromatic heterocycles. The highest BCUT2D eigenvalue weighted by Gasteiger charge is 2.52. The van der Waals surface area contributed by atoms with Crippen LogP contribution in [0.15, 0.2) is 0 Å². The topological polar surface area (TPSA) is 113 Å². The fourth-order valence-corrected chi connectivity index (χ4v) is 4.87. The van der Waals surface area contributed by atoms with Crippen LogP contribution in [0, 0.1) is 17.8 Å². The molecule has 1 aliphatic heterocycles. The van der Waals surface area contributed by atoms with Crippen LogP contribution in [0.2, 0.25) is 0 Å². The second-order valence-corrected chi connectivity index (χ2v) is 7.11. The van der Waals surface area contributed by atoms with Gasteiger partial charge in [-0.1, -0.05) is 6.42 Å². The summed E-state index contributed by atoms with van der Waals surface area (Å²) in [5.74, 6) is -2.70. The van der Waals surface area contributed by atoms with E-state index in [2.05, 4.69) is 5.32 Å². The van der Waals surface area contributed by atoms with Crippen LogP contribution in [0.4, 0.5) is 0 Å². The minimum atomic E-state index is -4.25. The molecule has 5 unspecified atom stereocenters. The molecular formula is C12H21NO6S. The third-order valence-corrected chi connectivity index (χ3v) is 5.69. The van der Waals surface area contributed by atoms with E-state index in [-0.39, 0.29) is 5.92 Å². The number of ether oxygens (including phenoxy) is 1. The third kappa shape index (κ3) is 2.98. The highest BCUT2D eigenvalue weighted by atomic mass is 32.2. The normalized spacial score (nSPS) is 38.2. The summed E-state index contributed by atoms with van der Waals surface area (Å²) in [5.41, 5.74) is 0. The number of carboxylic acid groups (broad SMARTS) is 1. The lowest BCUT2D eigenvalue weighted by Crippen LogP contribution is -2.60. The van der Waals surface area contributed by atoms with Gasteiger partial charge in [-0.2, -0.15) is 8.42 Å². The number of hydrogen-bond acceptors (Lipinski definition) is 5. The Kier molecular flexibility index (Phi) is 4.68. The predicted molar refractivity (Wildman–Crippen MR) is 70.7 cm³/mol. The van der Waals surface area contributed by atoms with Crippen LogP contribution >= 0.6 is 0 Å². The van der Waals surface area contributed by atoms with E-state index in [0.29, 0.717) is 26.0 Å². The summed E-state index contributed by atoms with van der Waals surface area (Å²) in [4.78, 5) is 11.6. The molecule has 1 saturated carbocycles. The summed E-state index contributed by atoms with van der Waals surface area (Å²) in [7, 11) is -4.25. The summed E-state index contributed by atoms with van der Waals surface area (Å²) < 4.78 is 38.0. The van der Waals surface area contributed by atoms with Crippen molar-refractivity contribution in [2.45, 2.75) is 37.7 Å². The molecule has 2 rings (SSSR count). The van der Waals surface area contributed by atoms with Crippen LogP contribution in [0.3, 0.4) is 0 Å². The minimum Gasteiger partial charge on any atom is -0.481 e. The number of carboxylic acids is 1. The van der Waals surface area contributed by atoms with E-state index in [9.17, 15) is 22.9 Å². The maximum atomic E-state index is 11.6. The van der Waals surface area contributed by atoms with E-state index >= 15 is 0 Å². The average molecular weight is 307 g/mol. The largest absolute Gasteiger partial charge is 0.481 e. The molecule has 20 heavy (non-hydrogen) atoms. The lowest BCUT2D eigenvalue weighted by atomic mass is 9.69. The summed E-state index contributed by atoms with van der Waals surface area (Å²) in [6, 6.07) is 0. The fourth-order valence-electron chi connectivity index (χ4n) is 3.61. The molecule has 0 amide bonds. The van der Waals surface area contributed by atoms with Gasteiger partial charge in [0.25, 0.3) is 10.1 Å². The molecule has 3 N–H and O–H groups in total. The van der Waals surface area contributed by atoms with Gasteiger partial charge in [0.2, 0.25) is 0 Å². The van der Waals surface area contributed by atoms with Gasteiger partial charge in [-0.25, -0.2) is 0 Å². The summed E-state index contributed by atoms with van der Waals surface area (Å²) >= 11 is 0. The van der Waals surface area contributed by atoms with Gasteiger partial charge in [0.05, 0.1) is 5.25 Å². The molecule has 0 aromatic rings. The molecule has 2 aliphatic rings. The number of rotatable bonds is 4. The van der Waals surface area contributed by atoms with Crippen molar-refractivity contribution in [2.24, 2.45) is 17.8 Å². The van der Waals surface area contributed by atoms with Crippen LogP contribution in [-0.2, 0) is 19.6 Å². The van der Waals surface area contributed by atoms with Gasteiger partial charge in [0, 0.05) is 13.2 Å². The number of aliphatic carboxylic acids is 1. The molecule has 7 nitrogen and oxygen atoms in total. The number of carbonyl (C=O) groups is 1. The van der Waals surface area contributed by atoms with Crippen LogP contribution in [0.25, 0.3) is 0 Å². The number of nitrogens with one attached hydrogen (secondary N) is 1. The second-order valence-electron chi connectivity index (χ2n) is 5.47. The highest BCUT2D eigenvalue weighted by Crippen LogP contribution is 2.42. The van der Waals surface area contributed by atoms with Crippen molar-refractivity contribution in [2.75, 3.05) is 13.2 Å². The molecule has 0 spiro atoms. The fraction of sp³-hybridized carbons (Fsp3) is 0.917. The molecule has 0 aromatic carbocycles. The van der Waals surface area contributed by atoms with Gasteiger partial charge < -0.3 is 9.84 Å². The first-order valence-corrected chi connectivity index (χ1v) is 8.40. The molecular weight excluding hydrogens is 286 g/mol. The first-order chi connectivity index (χ1) is 9.36. The Labute approximate surface area is 118 Å². The first-order valence-electron chi connectivity index (χ1n) is 6.90. The molecule has 5 atom stereocenters. The van der Waals surface area contributed by atoms with Gasteiger partial charge in [0.15, 0.2) is 0 Å². The maximum Gasteiger partial charge on any atom is 0.310 e. The molecule has 116 valence electrons.